The molecule has 0 radical (unpaired) electrons. The highest BCUT2D eigenvalue weighted by atomic mass is 79.9. The Bertz CT molecular complexity index is 1030. The number of halogens is 1. The molecule has 3 aromatic rings. The fourth-order valence-electron chi connectivity index (χ4n) is 3.08. The van der Waals surface area contributed by atoms with Gasteiger partial charge in [0.05, 0.1) is 19.3 Å². The van der Waals surface area contributed by atoms with E-state index in [4.69, 9.17) is 14.2 Å². The van der Waals surface area contributed by atoms with Gasteiger partial charge in [0.1, 0.15) is 6.61 Å². The number of hydrogen-bond acceptors (Lipinski definition) is 5. The topological polar surface area (TPSA) is 56.8 Å². The number of aryl methyl sites for hydroxylation is 1. The number of rotatable bonds is 9. The van der Waals surface area contributed by atoms with Crippen molar-refractivity contribution in [3.63, 3.8) is 0 Å². The summed E-state index contributed by atoms with van der Waals surface area (Å²) in [4.78, 5) is 11.8. The smallest absolute Gasteiger partial charge is 0.338 e. The van der Waals surface area contributed by atoms with Crippen molar-refractivity contribution in [2.45, 2.75) is 27.0 Å². The quantitative estimate of drug-likeness (QED) is 0.370. The van der Waals surface area contributed by atoms with E-state index in [0.717, 1.165) is 21.3 Å². The Kier molecular flexibility index (Phi) is 7.95. The van der Waals surface area contributed by atoms with Gasteiger partial charge in [0.25, 0.3) is 0 Å². The van der Waals surface area contributed by atoms with Crippen LogP contribution in [0.2, 0.25) is 0 Å². The number of carbonyl (C=O) groups is 1. The maximum atomic E-state index is 11.8. The predicted molar refractivity (Wildman–Crippen MR) is 126 cm³/mol. The highest BCUT2D eigenvalue weighted by Crippen LogP contribution is 2.34. The normalized spacial score (nSPS) is 10.5. The Hall–Kier alpha value is -2.99. The number of anilines is 1. The molecule has 0 bridgehead atoms. The molecule has 5 nitrogen and oxygen atoms in total. The summed E-state index contributed by atoms with van der Waals surface area (Å²) in [5.74, 6) is 1.03. The summed E-state index contributed by atoms with van der Waals surface area (Å²) in [5, 5.41) is 3.36. The van der Waals surface area contributed by atoms with Crippen LogP contribution in [0.25, 0.3) is 0 Å². The van der Waals surface area contributed by atoms with Crippen LogP contribution in [0, 0.1) is 6.92 Å². The second-order valence-electron chi connectivity index (χ2n) is 7.02. The van der Waals surface area contributed by atoms with E-state index in [1.165, 1.54) is 5.56 Å². The van der Waals surface area contributed by atoms with E-state index >= 15 is 0 Å². The van der Waals surface area contributed by atoms with E-state index in [-0.39, 0.29) is 5.97 Å². The van der Waals surface area contributed by atoms with E-state index in [1.54, 1.807) is 26.2 Å². The first kappa shape index (κ1) is 22.7. The van der Waals surface area contributed by atoms with E-state index in [9.17, 15) is 4.79 Å². The first-order valence-electron chi connectivity index (χ1n) is 10.1. The van der Waals surface area contributed by atoms with Crippen LogP contribution in [-0.2, 0) is 17.9 Å². The second-order valence-corrected chi connectivity index (χ2v) is 7.88. The first-order chi connectivity index (χ1) is 15.0. The van der Waals surface area contributed by atoms with Crippen molar-refractivity contribution < 1.29 is 19.0 Å². The third kappa shape index (κ3) is 6.25. The molecule has 0 aliphatic heterocycles. The van der Waals surface area contributed by atoms with Crippen molar-refractivity contribution in [1.82, 2.24) is 0 Å². The summed E-state index contributed by atoms with van der Waals surface area (Å²) in [6.07, 6.45) is 0. The van der Waals surface area contributed by atoms with Crippen LogP contribution in [-0.4, -0.2) is 19.7 Å². The van der Waals surface area contributed by atoms with E-state index < -0.39 is 0 Å². The predicted octanol–water partition coefficient (Wildman–Crippen LogP) is 6.13. The summed E-state index contributed by atoms with van der Waals surface area (Å²) < 4.78 is 17.5. The van der Waals surface area contributed by atoms with Gasteiger partial charge in [0.15, 0.2) is 11.5 Å². The first-order valence-corrected chi connectivity index (χ1v) is 10.8. The molecule has 0 atom stereocenters. The summed E-state index contributed by atoms with van der Waals surface area (Å²) in [7, 11) is 1.63. The molecule has 0 saturated carbocycles. The highest BCUT2D eigenvalue weighted by molar-refractivity contribution is 9.10. The molecule has 0 unspecified atom stereocenters. The van der Waals surface area contributed by atoms with Crippen molar-refractivity contribution in [2.24, 2.45) is 0 Å². The van der Waals surface area contributed by atoms with Crippen molar-refractivity contribution in [2.75, 3.05) is 19.0 Å². The number of carbonyl (C=O) groups excluding carboxylic acids is 1. The van der Waals surface area contributed by atoms with Crippen molar-refractivity contribution >= 4 is 27.6 Å². The third-order valence-corrected chi connectivity index (χ3v) is 5.43. The van der Waals surface area contributed by atoms with Crippen LogP contribution in [0.15, 0.2) is 65.1 Å². The molecule has 1 N–H and O–H groups in total. The van der Waals surface area contributed by atoms with Gasteiger partial charge in [-0.15, -0.1) is 0 Å². The second kappa shape index (κ2) is 10.9. The van der Waals surface area contributed by atoms with Gasteiger partial charge in [0.2, 0.25) is 0 Å². The van der Waals surface area contributed by atoms with Crippen molar-refractivity contribution in [3.05, 3.63) is 87.4 Å². The van der Waals surface area contributed by atoms with Crippen LogP contribution in [0.5, 0.6) is 11.5 Å². The van der Waals surface area contributed by atoms with E-state index in [1.807, 2.05) is 36.4 Å². The Morgan fingerprint density at radius 3 is 2.48 bits per heavy atom. The summed E-state index contributed by atoms with van der Waals surface area (Å²) in [6, 6.07) is 19.3. The lowest BCUT2D eigenvalue weighted by Crippen LogP contribution is -2.05. The Morgan fingerprint density at radius 1 is 1.03 bits per heavy atom. The number of benzene rings is 3. The number of esters is 1. The van der Waals surface area contributed by atoms with Gasteiger partial charge in [-0.2, -0.15) is 0 Å². The number of ether oxygens (including phenoxy) is 3. The standard InChI is InChI=1S/C25H26BrNO4/c1-4-30-25(28)19-8-10-21(11-9-19)27-15-20-13-23(29-3)24(14-22(20)26)31-16-18-7-5-6-17(2)12-18/h5-14,27H,4,15-16H2,1-3H3. The molecule has 31 heavy (non-hydrogen) atoms. The minimum atomic E-state index is -0.317. The van der Waals surface area contributed by atoms with Gasteiger partial charge in [-0.1, -0.05) is 45.8 Å². The molecule has 0 aliphatic rings. The molecular weight excluding hydrogens is 458 g/mol. The summed E-state index contributed by atoms with van der Waals surface area (Å²) in [5.41, 5.74) is 4.76. The molecule has 3 aromatic carbocycles. The van der Waals surface area contributed by atoms with Gasteiger partial charge in [0, 0.05) is 16.7 Å². The maximum Gasteiger partial charge on any atom is 0.338 e. The molecule has 0 aromatic heterocycles. The molecule has 0 aliphatic carbocycles. The Balaban J connectivity index is 1.66. The molecule has 162 valence electrons. The lowest BCUT2D eigenvalue weighted by molar-refractivity contribution is 0.0526. The molecule has 0 spiro atoms. The lowest BCUT2D eigenvalue weighted by Gasteiger charge is -2.15. The van der Waals surface area contributed by atoms with Crippen LogP contribution in [0.1, 0.15) is 34.0 Å². The number of methoxy groups -OCH3 is 1. The molecule has 6 heteroatoms. The van der Waals surface area contributed by atoms with Crippen LogP contribution >= 0.6 is 15.9 Å². The molecule has 0 amide bonds. The van der Waals surface area contributed by atoms with Gasteiger partial charge in [-0.25, -0.2) is 4.79 Å². The van der Waals surface area contributed by atoms with Gasteiger partial charge < -0.3 is 19.5 Å². The average molecular weight is 484 g/mol. The van der Waals surface area contributed by atoms with Crippen LogP contribution in [0.4, 0.5) is 5.69 Å². The zero-order valence-corrected chi connectivity index (χ0v) is 19.5. The minimum absolute atomic E-state index is 0.317. The summed E-state index contributed by atoms with van der Waals surface area (Å²) >= 11 is 3.63. The highest BCUT2D eigenvalue weighted by Gasteiger charge is 2.11. The molecule has 0 fully saturated rings. The van der Waals surface area contributed by atoms with Gasteiger partial charge in [-0.3, -0.25) is 0 Å². The SMILES string of the molecule is CCOC(=O)c1ccc(NCc2cc(OC)c(OCc3cccc(C)c3)cc2Br)cc1. The Labute approximate surface area is 191 Å². The Morgan fingerprint density at radius 2 is 1.81 bits per heavy atom. The van der Waals surface area contributed by atoms with Crippen molar-refractivity contribution in [1.29, 1.82) is 0 Å². The minimum Gasteiger partial charge on any atom is -0.493 e. The van der Waals surface area contributed by atoms with Gasteiger partial charge in [-0.05, 0) is 61.4 Å². The zero-order chi connectivity index (χ0) is 22.2. The summed E-state index contributed by atoms with van der Waals surface area (Å²) in [6.45, 7) is 5.26. The molecule has 0 heterocycles. The third-order valence-electron chi connectivity index (χ3n) is 4.69. The van der Waals surface area contributed by atoms with Crippen LogP contribution in [0.3, 0.4) is 0 Å². The fraction of sp³-hybridized carbons (Fsp3) is 0.240. The number of hydrogen-bond donors (Lipinski definition) is 1. The molecular formula is C25H26BrNO4. The molecule has 3 rings (SSSR count). The fourth-order valence-corrected chi connectivity index (χ4v) is 3.55. The maximum absolute atomic E-state index is 11.8. The van der Waals surface area contributed by atoms with Crippen LogP contribution < -0.4 is 14.8 Å². The van der Waals surface area contributed by atoms with Crippen molar-refractivity contribution in [3.8, 4) is 11.5 Å². The molecule has 0 saturated heterocycles. The van der Waals surface area contributed by atoms with E-state index in [0.29, 0.717) is 36.8 Å². The lowest BCUT2D eigenvalue weighted by atomic mass is 10.1. The average Bonchev–Trinajstić information content (AvgIpc) is 2.77. The largest absolute Gasteiger partial charge is 0.493 e. The van der Waals surface area contributed by atoms with E-state index in [2.05, 4.69) is 40.3 Å². The van der Waals surface area contributed by atoms with Gasteiger partial charge >= 0.3 is 5.97 Å². The number of nitrogens with one attached hydrogen (secondary N) is 1. The zero-order valence-electron chi connectivity index (χ0n) is 17.9. The monoisotopic (exact) mass is 483 g/mol.